The van der Waals surface area contributed by atoms with Gasteiger partial charge in [-0.25, -0.2) is 4.79 Å². The van der Waals surface area contributed by atoms with E-state index in [1.165, 1.54) is 0 Å². The number of aliphatic carboxylic acids is 1. The molecule has 0 saturated carbocycles. The predicted molar refractivity (Wildman–Crippen MR) is 60.3 cm³/mol. The van der Waals surface area contributed by atoms with E-state index in [4.69, 9.17) is 4.74 Å². The summed E-state index contributed by atoms with van der Waals surface area (Å²) in [6.45, 7) is 3.73. The highest BCUT2D eigenvalue weighted by molar-refractivity contribution is 5.81. The minimum absolute atomic E-state index is 0.0951. The van der Waals surface area contributed by atoms with Gasteiger partial charge in [-0.3, -0.25) is 0 Å². The molecule has 2 rings (SSSR count). The van der Waals surface area contributed by atoms with Gasteiger partial charge in [-0.05, 0) is 37.8 Å². The molecule has 1 aliphatic rings. The lowest BCUT2D eigenvalue weighted by atomic mass is 9.95. The summed E-state index contributed by atoms with van der Waals surface area (Å²) in [6, 6.07) is 7.64. The fraction of sp³-hybridized carbons (Fsp3) is 0.462. The zero-order valence-corrected chi connectivity index (χ0v) is 9.56. The molecule has 1 atom stereocenters. The first kappa shape index (κ1) is 11.1. The molecule has 1 unspecified atom stereocenters. The number of benzene rings is 1. The molecule has 1 aromatic rings. The van der Waals surface area contributed by atoms with Gasteiger partial charge in [0.2, 0.25) is 0 Å². The number of carboxylic acids is 1. The summed E-state index contributed by atoms with van der Waals surface area (Å²) in [5.74, 6) is -0.883. The van der Waals surface area contributed by atoms with E-state index < -0.39 is 11.6 Å². The minimum atomic E-state index is -1.13. The predicted octanol–water partition coefficient (Wildman–Crippen LogP) is 2.34. The maximum Gasteiger partial charge on any atom is 0.340 e. The van der Waals surface area contributed by atoms with Crippen molar-refractivity contribution >= 4 is 5.97 Å². The summed E-state index contributed by atoms with van der Waals surface area (Å²) in [5.41, 5.74) is 0.770. The molecule has 0 aromatic heterocycles. The number of hydrogen-bond acceptors (Lipinski definition) is 2. The first-order valence-electron chi connectivity index (χ1n) is 5.56. The molecule has 3 heteroatoms. The van der Waals surface area contributed by atoms with Crippen LogP contribution in [0.1, 0.15) is 31.4 Å². The summed E-state index contributed by atoms with van der Waals surface area (Å²) < 4.78 is 5.69. The summed E-state index contributed by atoms with van der Waals surface area (Å²) in [4.78, 5) is 11.5. The molecule has 0 saturated heterocycles. The zero-order chi connectivity index (χ0) is 11.8. The lowest BCUT2D eigenvalue weighted by Crippen LogP contribution is -2.38. The first-order valence-corrected chi connectivity index (χ1v) is 5.56. The minimum Gasteiger partial charge on any atom is -0.479 e. The van der Waals surface area contributed by atoms with Crippen LogP contribution in [-0.4, -0.2) is 17.2 Å². The number of fused-ring (bicyclic) bond motifs is 1. The molecule has 0 spiro atoms. The van der Waals surface area contributed by atoms with Crippen LogP contribution >= 0.6 is 0 Å². The van der Waals surface area contributed by atoms with Gasteiger partial charge in [-0.2, -0.15) is 0 Å². The summed E-state index contributed by atoms with van der Waals surface area (Å²) in [7, 11) is 0. The van der Waals surface area contributed by atoms with Gasteiger partial charge in [-0.1, -0.05) is 24.3 Å². The van der Waals surface area contributed by atoms with Crippen LogP contribution in [0.2, 0.25) is 0 Å². The Balaban J connectivity index is 2.47. The second kappa shape index (κ2) is 3.91. The van der Waals surface area contributed by atoms with Crippen molar-refractivity contribution in [1.29, 1.82) is 0 Å². The van der Waals surface area contributed by atoms with Gasteiger partial charge in [0.05, 0.1) is 6.10 Å². The monoisotopic (exact) mass is 220 g/mol. The van der Waals surface area contributed by atoms with Crippen molar-refractivity contribution < 1.29 is 14.6 Å². The Hall–Kier alpha value is -1.35. The Labute approximate surface area is 95.0 Å². The molecule has 0 fully saturated rings. The maximum atomic E-state index is 11.5. The van der Waals surface area contributed by atoms with E-state index in [0.29, 0.717) is 6.42 Å². The third-order valence-electron chi connectivity index (χ3n) is 2.98. The normalized spacial score (nSPS) is 23.4. The van der Waals surface area contributed by atoms with Crippen molar-refractivity contribution in [3.05, 3.63) is 35.4 Å². The summed E-state index contributed by atoms with van der Waals surface area (Å²) in [5, 5.41) is 9.43. The maximum absolute atomic E-state index is 11.5. The van der Waals surface area contributed by atoms with Crippen LogP contribution in [0.3, 0.4) is 0 Å². The Bertz CT molecular complexity index is 411. The lowest BCUT2D eigenvalue weighted by molar-refractivity contribution is -0.173. The molecule has 0 heterocycles. The number of hydrogen-bond donors (Lipinski definition) is 1. The largest absolute Gasteiger partial charge is 0.479 e. The summed E-state index contributed by atoms with van der Waals surface area (Å²) >= 11 is 0. The number of ether oxygens (including phenoxy) is 1. The van der Waals surface area contributed by atoms with Crippen molar-refractivity contribution in [2.24, 2.45) is 0 Å². The van der Waals surface area contributed by atoms with Crippen LogP contribution in [0.5, 0.6) is 0 Å². The van der Waals surface area contributed by atoms with Crippen molar-refractivity contribution in [2.45, 2.75) is 38.4 Å². The van der Waals surface area contributed by atoms with Gasteiger partial charge in [-0.15, -0.1) is 0 Å². The second-order valence-corrected chi connectivity index (χ2v) is 4.46. The van der Waals surface area contributed by atoms with Crippen molar-refractivity contribution in [1.82, 2.24) is 0 Å². The number of carbonyl (C=O) groups is 1. The molecule has 1 N–H and O–H groups in total. The van der Waals surface area contributed by atoms with Crippen molar-refractivity contribution in [3.8, 4) is 0 Å². The highest BCUT2D eigenvalue weighted by atomic mass is 16.5. The molecule has 3 nitrogen and oxygen atoms in total. The van der Waals surface area contributed by atoms with E-state index in [-0.39, 0.29) is 6.10 Å². The number of rotatable bonds is 3. The average Bonchev–Trinajstić information content (AvgIpc) is 2.58. The molecule has 1 aromatic carbocycles. The topological polar surface area (TPSA) is 46.5 Å². The van der Waals surface area contributed by atoms with Crippen LogP contribution < -0.4 is 0 Å². The fourth-order valence-electron chi connectivity index (χ4n) is 2.37. The number of aryl methyl sites for hydroxylation is 1. The van der Waals surface area contributed by atoms with E-state index in [9.17, 15) is 9.90 Å². The van der Waals surface area contributed by atoms with E-state index >= 15 is 0 Å². The van der Waals surface area contributed by atoms with E-state index in [1.807, 2.05) is 38.1 Å². The van der Waals surface area contributed by atoms with Crippen LogP contribution in [0, 0.1) is 0 Å². The van der Waals surface area contributed by atoms with Gasteiger partial charge in [0.15, 0.2) is 5.60 Å². The van der Waals surface area contributed by atoms with Crippen LogP contribution in [0.25, 0.3) is 0 Å². The van der Waals surface area contributed by atoms with Gasteiger partial charge >= 0.3 is 5.97 Å². The van der Waals surface area contributed by atoms with E-state index in [0.717, 1.165) is 17.5 Å². The van der Waals surface area contributed by atoms with Gasteiger partial charge < -0.3 is 9.84 Å². The third kappa shape index (κ3) is 1.61. The van der Waals surface area contributed by atoms with Gasteiger partial charge in [0.1, 0.15) is 0 Å². The quantitative estimate of drug-likeness (QED) is 0.850. The average molecular weight is 220 g/mol. The Morgan fingerprint density at radius 1 is 1.44 bits per heavy atom. The van der Waals surface area contributed by atoms with Crippen LogP contribution in [-0.2, 0) is 21.6 Å². The molecule has 0 radical (unpaired) electrons. The zero-order valence-electron chi connectivity index (χ0n) is 9.56. The Morgan fingerprint density at radius 2 is 2.12 bits per heavy atom. The Morgan fingerprint density at radius 3 is 2.75 bits per heavy atom. The molecule has 0 aliphatic heterocycles. The van der Waals surface area contributed by atoms with Crippen molar-refractivity contribution in [3.63, 3.8) is 0 Å². The standard InChI is InChI=1S/C13H16O3/c1-9(2)16-13(12(14)15)8-7-10-5-3-4-6-11(10)13/h3-6,9H,7-8H2,1-2H3,(H,14,15). The lowest BCUT2D eigenvalue weighted by Gasteiger charge is -2.28. The van der Waals surface area contributed by atoms with E-state index in [1.54, 1.807) is 0 Å². The van der Waals surface area contributed by atoms with Crippen molar-refractivity contribution in [2.75, 3.05) is 0 Å². The van der Waals surface area contributed by atoms with Gasteiger partial charge in [0.25, 0.3) is 0 Å². The first-order chi connectivity index (χ1) is 7.56. The van der Waals surface area contributed by atoms with Crippen LogP contribution in [0.15, 0.2) is 24.3 Å². The molecule has 0 bridgehead atoms. The van der Waals surface area contributed by atoms with E-state index in [2.05, 4.69) is 0 Å². The summed E-state index contributed by atoms with van der Waals surface area (Å²) in [6.07, 6.45) is 1.21. The molecule has 1 aliphatic carbocycles. The van der Waals surface area contributed by atoms with Crippen LogP contribution in [0.4, 0.5) is 0 Å². The smallest absolute Gasteiger partial charge is 0.340 e. The Kier molecular flexibility index (Phi) is 2.72. The fourth-order valence-corrected chi connectivity index (χ4v) is 2.37. The molecule has 16 heavy (non-hydrogen) atoms. The SMILES string of the molecule is CC(C)OC1(C(=O)O)CCc2ccccc21. The van der Waals surface area contributed by atoms with Gasteiger partial charge in [0, 0.05) is 0 Å². The molecule has 86 valence electrons. The second-order valence-electron chi connectivity index (χ2n) is 4.46. The molecular formula is C13H16O3. The molecule has 0 amide bonds. The number of carboxylic acid groups (broad SMARTS) is 1. The highest BCUT2D eigenvalue weighted by Crippen LogP contribution is 2.40. The highest BCUT2D eigenvalue weighted by Gasteiger charge is 2.47. The third-order valence-corrected chi connectivity index (χ3v) is 2.98. The molecular weight excluding hydrogens is 204 g/mol.